The number of pyridine rings is 1. The molecule has 0 radical (unpaired) electrons. The number of aliphatic hydroxyl groups is 1. The van der Waals surface area contributed by atoms with Crippen molar-refractivity contribution in [1.82, 2.24) is 9.71 Å². The molecule has 2 aromatic rings. The first kappa shape index (κ1) is 15.9. The first-order valence-electron chi connectivity index (χ1n) is 5.41. The molecule has 0 fully saturated rings. The molecule has 0 saturated heterocycles. The van der Waals surface area contributed by atoms with Gasteiger partial charge in [-0.05, 0) is 44.4 Å². The SMILES string of the molecule is O=S(=O)(NCC(O)c1ccsc1)c1cc(Br)cnc1Cl. The summed E-state index contributed by atoms with van der Waals surface area (Å²) in [5.41, 5.74) is 0.663. The number of sulfonamides is 1. The van der Waals surface area contributed by atoms with E-state index in [1.165, 1.54) is 23.6 Å². The van der Waals surface area contributed by atoms with E-state index in [9.17, 15) is 13.5 Å². The lowest BCUT2D eigenvalue weighted by atomic mass is 10.2. The summed E-state index contributed by atoms with van der Waals surface area (Å²) in [5, 5.41) is 13.3. The van der Waals surface area contributed by atoms with Crippen LogP contribution in [0.3, 0.4) is 0 Å². The number of halogens is 2. The number of rotatable bonds is 5. The van der Waals surface area contributed by atoms with Crippen LogP contribution in [-0.2, 0) is 10.0 Å². The third-order valence-electron chi connectivity index (χ3n) is 2.46. The van der Waals surface area contributed by atoms with Crippen LogP contribution in [0.2, 0.25) is 5.15 Å². The maximum Gasteiger partial charge on any atom is 0.243 e. The van der Waals surface area contributed by atoms with Crippen LogP contribution in [-0.4, -0.2) is 25.1 Å². The molecule has 2 heterocycles. The fraction of sp³-hybridized carbons (Fsp3) is 0.182. The Morgan fingerprint density at radius 1 is 1.55 bits per heavy atom. The summed E-state index contributed by atoms with van der Waals surface area (Å²) in [5.74, 6) is 0. The molecule has 0 aliphatic rings. The summed E-state index contributed by atoms with van der Waals surface area (Å²) < 4.78 is 27.0. The van der Waals surface area contributed by atoms with Crippen molar-refractivity contribution in [1.29, 1.82) is 0 Å². The predicted molar refractivity (Wildman–Crippen MR) is 81.4 cm³/mol. The Balaban J connectivity index is 2.13. The van der Waals surface area contributed by atoms with Crippen LogP contribution in [0.15, 0.2) is 38.5 Å². The monoisotopic (exact) mass is 396 g/mol. The van der Waals surface area contributed by atoms with Gasteiger partial charge in [0.15, 0.2) is 0 Å². The van der Waals surface area contributed by atoms with Gasteiger partial charge in [0.25, 0.3) is 0 Å². The molecule has 0 aliphatic carbocycles. The zero-order valence-electron chi connectivity index (χ0n) is 9.95. The van der Waals surface area contributed by atoms with E-state index in [0.717, 1.165) is 0 Å². The summed E-state index contributed by atoms with van der Waals surface area (Å²) in [7, 11) is -3.83. The highest BCUT2D eigenvalue weighted by molar-refractivity contribution is 9.10. The molecule has 0 amide bonds. The van der Waals surface area contributed by atoms with Crippen LogP contribution in [0.4, 0.5) is 0 Å². The van der Waals surface area contributed by atoms with Gasteiger partial charge in [0.2, 0.25) is 10.0 Å². The normalized spacial score (nSPS) is 13.3. The van der Waals surface area contributed by atoms with Gasteiger partial charge in [-0.1, -0.05) is 11.6 Å². The molecule has 0 aliphatic heterocycles. The van der Waals surface area contributed by atoms with Crippen molar-refractivity contribution in [2.45, 2.75) is 11.0 Å². The highest BCUT2D eigenvalue weighted by atomic mass is 79.9. The second-order valence-electron chi connectivity index (χ2n) is 3.87. The molecule has 108 valence electrons. The van der Waals surface area contributed by atoms with E-state index in [1.807, 2.05) is 5.38 Å². The highest BCUT2D eigenvalue weighted by Crippen LogP contribution is 2.23. The molecule has 0 spiro atoms. The average molecular weight is 398 g/mol. The summed E-state index contributed by atoms with van der Waals surface area (Å²) in [6.45, 7) is -0.137. The van der Waals surface area contributed by atoms with Crippen molar-refractivity contribution in [3.05, 3.63) is 44.3 Å². The standard InChI is InChI=1S/C11H10BrClN2O3S2/c12-8-3-10(11(13)14-4-8)20(17,18)15-5-9(16)7-1-2-19-6-7/h1-4,6,9,15-16H,5H2. The largest absolute Gasteiger partial charge is 0.387 e. The van der Waals surface area contributed by atoms with Gasteiger partial charge in [-0.15, -0.1) is 0 Å². The Labute approximate surface area is 133 Å². The van der Waals surface area contributed by atoms with Gasteiger partial charge < -0.3 is 5.11 Å². The third kappa shape index (κ3) is 3.78. The first-order valence-corrected chi connectivity index (χ1v) is 9.01. The molecule has 1 atom stereocenters. The molecule has 0 aromatic carbocycles. The Kier molecular flexibility index (Phi) is 5.16. The second-order valence-corrected chi connectivity index (χ2v) is 7.66. The molecule has 0 bridgehead atoms. The number of hydrogen-bond acceptors (Lipinski definition) is 5. The zero-order valence-corrected chi connectivity index (χ0v) is 13.9. The van der Waals surface area contributed by atoms with Crippen molar-refractivity contribution in [2.24, 2.45) is 0 Å². The minimum absolute atomic E-state index is 0.120. The number of thiophene rings is 1. The summed E-state index contributed by atoms with van der Waals surface area (Å²) in [6.07, 6.45) is 0.497. The van der Waals surface area contributed by atoms with Crippen molar-refractivity contribution >= 4 is 48.9 Å². The van der Waals surface area contributed by atoms with E-state index in [4.69, 9.17) is 11.6 Å². The van der Waals surface area contributed by atoms with Gasteiger partial charge in [0, 0.05) is 17.2 Å². The van der Waals surface area contributed by atoms with Gasteiger partial charge in [0.05, 0.1) is 6.10 Å². The van der Waals surface area contributed by atoms with Crippen molar-refractivity contribution in [3.63, 3.8) is 0 Å². The maximum absolute atomic E-state index is 12.1. The molecular formula is C11H10BrClN2O3S2. The van der Waals surface area contributed by atoms with Crippen molar-refractivity contribution < 1.29 is 13.5 Å². The van der Waals surface area contributed by atoms with Gasteiger partial charge in [-0.2, -0.15) is 11.3 Å². The molecule has 1 unspecified atom stereocenters. The Bertz CT molecular complexity index is 692. The number of aliphatic hydroxyl groups excluding tert-OH is 1. The smallest absolute Gasteiger partial charge is 0.243 e. The second kappa shape index (κ2) is 6.50. The lowest BCUT2D eigenvalue weighted by Gasteiger charge is -2.12. The predicted octanol–water partition coefficient (Wildman–Crippen LogP) is 2.57. The lowest BCUT2D eigenvalue weighted by molar-refractivity contribution is 0.182. The number of hydrogen-bond donors (Lipinski definition) is 2. The average Bonchev–Trinajstić information content (AvgIpc) is 2.93. The van der Waals surface area contributed by atoms with Crippen LogP contribution in [0.5, 0.6) is 0 Å². The molecule has 5 nitrogen and oxygen atoms in total. The quantitative estimate of drug-likeness (QED) is 0.760. The molecule has 9 heteroatoms. The van der Waals surface area contributed by atoms with E-state index in [2.05, 4.69) is 25.6 Å². The van der Waals surface area contributed by atoms with E-state index in [-0.39, 0.29) is 16.6 Å². The fourth-order valence-corrected chi connectivity index (χ4v) is 4.13. The topological polar surface area (TPSA) is 79.3 Å². The van der Waals surface area contributed by atoms with Crippen LogP contribution >= 0.6 is 38.9 Å². The lowest BCUT2D eigenvalue weighted by Crippen LogP contribution is -2.28. The van der Waals surface area contributed by atoms with Crippen LogP contribution < -0.4 is 4.72 Å². The number of nitrogens with zero attached hydrogens (tertiary/aromatic N) is 1. The summed E-state index contributed by atoms with van der Waals surface area (Å²) in [4.78, 5) is 3.63. The number of nitrogens with one attached hydrogen (secondary N) is 1. The zero-order chi connectivity index (χ0) is 14.8. The van der Waals surface area contributed by atoms with Crippen molar-refractivity contribution in [3.8, 4) is 0 Å². The Morgan fingerprint density at radius 3 is 2.95 bits per heavy atom. The van der Waals surface area contributed by atoms with E-state index in [1.54, 1.807) is 11.4 Å². The highest BCUT2D eigenvalue weighted by Gasteiger charge is 2.21. The molecule has 20 heavy (non-hydrogen) atoms. The van der Waals surface area contributed by atoms with Gasteiger partial charge >= 0.3 is 0 Å². The van der Waals surface area contributed by atoms with E-state index >= 15 is 0 Å². The van der Waals surface area contributed by atoms with Crippen LogP contribution in [0.25, 0.3) is 0 Å². The fourth-order valence-electron chi connectivity index (χ4n) is 1.44. The van der Waals surface area contributed by atoms with Gasteiger partial charge in [0.1, 0.15) is 10.0 Å². The Hall–Kier alpha value is -0.510. The minimum atomic E-state index is -3.83. The molecule has 2 N–H and O–H groups in total. The van der Waals surface area contributed by atoms with Crippen LogP contribution in [0.1, 0.15) is 11.7 Å². The first-order chi connectivity index (χ1) is 9.40. The molecule has 0 saturated carbocycles. The minimum Gasteiger partial charge on any atom is -0.387 e. The van der Waals surface area contributed by atoms with Crippen LogP contribution in [0, 0.1) is 0 Å². The molecular weight excluding hydrogens is 388 g/mol. The van der Waals surface area contributed by atoms with E-state index < -0.39 is 16.1 Å². The van der Waals surface area contributed by atoms with E-state index in [0.29, 0.717) is 10.0 Å². The molecule has 2 rings (SSSR count). The number of aromatic nitrogens is 1. The summed E-state index contributed by atoms with van der Waals surface area (Å²) >= 11 is 10.4. The molecule has 2 aromatic heterocycles. The Morgan fingerprint density at radius 2 is 2.30 bits per heavy atom. The van der Waals surface area contributed by atoms with Crippen molar-refractivity contribution in [2.75, 3.05) is 6.54 Å². The van der Waals surface area contributed by atoms with Gasteiger partial charge in [-0.25, -0.2) is 18.1 Å². The summed E-state index contributed by atoms with van der Waals surface area (Å²) in [6, 6.07) is 3.09. The maximum atomic E-state index is 12.1. The third-order valence-corrected chi connectivity index (χ3v) is 5.44. The van der Waals surface area contributed by atoms with Gasteiger partial charge in [-0.3, -0.25) is 0 Å².